The lowest BCUT2D eigenvalue weighted by atomic mass is 9.95. The molecule has 0 saturated heterocycles. The van der Waals surface area contributed by atoms with Gasteiger partial charge in [0.1, 0.15) is 0 Å². The Bertz CT molecular complexity index is 2250. The maximum absolute atomic E-state index is 12.4. The van der Waals surface area contributed by atoms with E-state index in [0.717, 1.165) is 16.7 Å². The van der Waals surface area contributed by atoms with Crippen LogP contribution in [-0.4, -0.2) is 48.2 Å². The molecule has 0 aliphatic heterocycles. The Hall–Kier alpha value is -6.48. The van der Waals surface area contributed by atoms with Gasteiger partial charge in [0.2, 0.25) is 0 Å². The molecule has 3 heterocycles. The third-order valence-electron chi connectivity index (χ3n) is 8.40. The van der Waals surface area contributed by atoms with E-state index in [-0.39, 0.29) is 16.7 Å². The van der Waals surface area contributed by atoms with Crippen LogP contribution < -0.4 is 0 Å². The number of hydrogen-bond donors (Lipinski definition) is 3. The van der Waals surface area contributed by atoms with Gasteiger partial charge >= 0.3 is 17.9 Å². The standard InChI is InChI=1S/C39H27N3O6/c1-19-4-7-31-25(10-19)28(37(43)44)16-34(40-31)22-13-23(35-17-29(38(45)46)26-11-20(2)5-8-32(26)41-35)15-24(14-22)36-18-30(39(47)48)27-12-21(3)6-9-33(27)42-36/h4-18H,1-3H3,(H,43,44)(H,45,46)(H,47,48). The van der Waals surface area contributed by atoms with Crippen molar-refractivity contribution in [3.05, 3.63) is 124 Å². The highest BCUT2D eigenvalue weighted by Gasteiger charge is 2.20. The van der Waals surface area contributed by atoms with E-state index in [1.807, 2.05) is 39.0 Å². The Morgan fingerprint density at radius 1 is 0.417 bits per heavy atom. The van der Waals surface area contributed by atoms with Gasteiger partial charge in [0.05, 0.1) is 50.3 Å². The molecule has 7 aromatic rings. The first-order chi connectivity index (χ1) is 22.9. The number of carboxylic acids is 3. The van der Waals surface area contributed by atoms with Gasteiger partial charge in [0.15, 0.2) is 0 Å². The van der Waals surface area contributed by atoms with Crippen molar-refractivity contribution in [1.29, 1.82) is 0 Å². The van der Waals surface area contributed by atoms with Crippen molar-refractivity contribution in [1.82, 2.24) is 15.0 Å². The highest BCUT2D eigenvalue weighted by molar-refractivity contribution is 6.06. The van der Waals surface area contributed by atoms with E-state index in [1.54, 1.807) is 54.6 Å². The molecular weight excluding hydrogens is 606 g/mol. The largest absolute Gasteiger partial charge is 0.478 e. The van der Waals surface area contributed by atoms with Crippen LogP contribution in [0.1, 0.15) is 47.8 Å². The number of pyridine rings is 3. The summed E-state index contributed by atoms with van der Waals surface area (Å²) in [6.45, 7) is 5.63. The third kappa shape index (κ3) is 5.37. The summed E-state index contributed by atoms with van der Waals surface area (Å²) in [5.41, 5.74) is 6.97. The van der Waals surface area contributed by atoms with E-state index in [0.29, 0.717) is 66.5 Å². The summed E-state index contributed by atoms with van der Waals surface area (Å²) in [6.07, 6.45) is 0. The van der Waals surface area contributed by atoms with E-state index in [1.165, 1.54) is 18.2 Å². The van der Waals surface area contributed by atoms with Crippen molar-refractivity contribution < 1.29 is 29.7 Å². The molecule has 0 fully saturated rings. The van der Waals surface area contributed by atoms with Gasteiger partial charge in [0.25, 0.3) is 0 Å². The zero-order valence-corrected chi connectivity index (χ0v) is 26.1. The van der Waals surface area contributed by atoms with E-state index >= 15 is 0 Å². The predicted octanol–water partition coefficient (Wildman–Crippen LogP) is 8.35. The van der Waals surface area contributed by atoms with Gasteiger partial charge in [-0.1, -0.05) is 34.9 Å². The highest BCUT2D eigenvalue weighted by atomic mass is 16.4. The number of carboxylic acid groups (broad SMARTS) is 3. The van der Waals surface area contributed by atoms with Gasteiger partial charge in [-0.15, -0.1) is 0 Å². The van der Waals surface area contributed by atoms with Gasteiger partial charge in [-0.05, 0) is 93.6 Å². The average Bonchev–Trinajstić information content (AvgIpc) is 3.06. The predicted molar refractivity (Wildman–Crippen MR) is 184 cm³/mol. The van der Waals surface area contributed by atoms with Gasteiger partial charge in [-0.3, -0.25) is 0 Å². The zero-order valence-electron chi connectivity index (χ0n) is 26.1. The van der Waals surface area contributed by atoms with Crippen LogP contribution in [0.25, 0.3) is 66.5 Å². The Morgan fingerprint density at radius 3 is 0.938 bits per heavy atom. The van der Waals surface area contributed by atoms with E-state index in [2.05, 4.69) is 0 Å². The van der Waals surface area contributed by atoms with Gasteiger partial charge in [0, 0.05) is 32.8 Å². The molecule has 4 aromatic carbocycles. The number of aromatic nitrogens is 3. The lowest BCUT2D eigenvalue weighted by Gasteiger charge is -2.14. The topological polar surface area (TPSA) is 151 Å². The fourth-order valence-electron chi connectivity index (χ4n) is 6.06. The first kappa shape index (κ1) is 30.2. The molecule has 0 radical (unpaired) electrons. The molecule has 0 unspecified atom stereocenters. The van der Waals surface area contributed by atoms with Crippen molar-refractivity contribution >= 4 is 50.6 Å². The third-order valence-corrected chi connectivity index (χ3v) is 8.40. The smallest absolute Gasteiger partial charge is 0.336 e. The molecule has 0 aliphatic carbocycles. The quantitative estimate of drug-likeness (QED) is 0.164. The molecule has 0 bridgehead atoms. The molecule has 234 valence electrons. The summed E-state index contributed by atoms with van der Waals surface area (Å²) in [4.78, 5) is 51.7. The molecule has 3 aromatic heterocycles. The number of hydrogen-bond acceptors (Lipinski definition) is 6. The Morgan fingerprint density at radius 2 is 0.688 bits per heavy atom. The first-order valence-corrected chi connectivity index (χ1v) is 15.1. The van der Waals surface area contributed by atoms with Crippen molar-refractivity contribution in [2.75, 3.05) is 0 Å². The van der Waals surface area contributed by atoms with Crippen molar-refractivity contribution in [3.8, 4) is 33.8 Å². The van der Waals surface area contributed by atoms with Gasteiger partial charge in [-0.25, -0.2) is 29.3 Å². The Labute approximate surface area is 273 Å². The van der Waals surface area contributed by atoms with Crippen LogP contribution in [0.5, 0.6) is 0 Å². The molecule has 0 aliphatic rings. The van der Waals surface area contributed by atoms with Crippen LogP contribution in [0.3, 0.4) is 0 Å². The maximum atomic E-state index is 12.4. The average molecular weight is 634 g/mol. The second-order valence-electron chi connectivity index (χ2n) is 11.9. The van der Waals surface area contributed by atoms with Crippen LogP contribution in [-0.2, 0) is 0 Å². The number of nitrogens with zero attached hydrogens (tertiary/aromatic N) is 3. The fourth-order valence-corrected chi connectivity index (χ4v) is 6.06. The second kappa shape index (κ2) is 11.4. The van der Waals surface area contributed by atoms with Crippen LogP contribution in [0, 0.1) is 20.8 Å². The summed E-state index contributed by atoms with van der Waals surface area (Å²) >= 11 is 0. The van der Waals surface area contributed by atoms with E-state index in [4.69, 9.17) is 15.0 Å². The highest BCUT2D eigenvalue weighted by Crippen LogP contribution is 2.36. The maximum Gasteiger partial charge on any atom is 0.336 e. The molecule has 9 nitrogen and oxygen atoms in total. The molecule has 9 heteroatoms. The summed E-state index contributed by atoms with van der Waals surface area (Å²) in [6, 6.07) is 26.0. The zero-order chi connectivity index (χ0) is 33.9. The fraction of sp³-hybridized carbons (Fsp3) is 0.0769. The normalized spacial score (nSPS) is 11.3. The van der Waals surface area contributed by atoms with Crippen LogP contribution in [0.4, 0.5) is 0 Å². The number of benzene rings is 4. The summed E-state index contributed by atoms with van der Waals surface area (Å²) in [5.74, 6) is -3.33. The number of fused-ring (bicyclic) bond motifs is 3. The molecule has 0 saturated carbocycles. The van der Waals surface area contributed by atoms with Crippen molar-refractivity contribution in [2.24, 2.45) is 0 Å². The summed E-state index contributed by atoms with van der Waals surface area (Å²) in [7, 11) is 0. The van der Waals surface area contributed by atoms with E-state index < -0.39 is 17.9 Å². The number of carbonyl (C=O) groups is 3. The van der Waals surface area contributed by atoms with Crippen LogP contribution in [0.2, 0.25) is 0 Å². The number of aryl methyl sites for hydroxylation is 3. The van der Waals surface area contributed by atoms with Crippen molar-refractivity contribution in [3.63, 3.8) is 0 Å². The molecule has 0 atom stereocenters. The monoisotopic (exact) mass is 633 g/mol. The minimum absolute atomic E-state index is 0.0744. The lowest BCUT2D eigenvalue weighted by Crippen LogP contribution is -2.03. The van der Waals surface area contributed by atoms with E-state index in [9.17, 15) is 29.7 Å². The lowest BCUT2D eigenvalue weighted by molar-refractivity contribution is 0.0688. The van der Waals surface area contributed by atoms with Crippen LogP contribution in [0.15, 0.2) is 91.0 Å². The Kier molecular flexibility index (Phi) is 7.17. The SMILES string of the molecule is Cc1ccc2nc(-c3cc(-c4cc(C(=O)O)c5cc(C)ccc5n4)cc(-c4cc(C(=O)O)c5cc(C)ccc5n4)c3)cc(C(=O)O)c2c1. The summed E-state index contributed by atoms with van der Waals surface area (Å²) < 4.78 is 0. The molecule has 3 N–H and O–H groups in total. The molecule has 7 rings (SSSR count). The van der Waals surface area contributed by atoms with Gasteiger partial charge < -0.3 is 15.3 Å². The van der Waals surface area contributed by atoms with Crippen molar-refractivity contribution in [2.45, 2.75) is 20.8 Å². The molecule has 48 heavy (non-hydrogen) atoms. The molecular formula is C39H27N3O6. The first-order valence-electron chi connectivity index (χ1n) is 15.1. The minimum Gasteiger partial charge on any atom is -0.478 e. The number of rotatable bonds is 6. The minimum atomic E-state index is -1.11. The molecule has 0 spiro atoms. The van der Waals surface area contributed by atoms with Crippen LogP contribution >= 0.6 is 0 Å². The van der Waals surface area contributed by atoms with Gasteiger partial charge in [-0.2, -0.15) is 0 Å². The molecule has 0 amide bonds. The Balaban J connectivity index is 1.54. The summed E-state index contributed by atoms with van der Waals surface area (Å²) in [5, 5.41) is 32.0. The second-order valence-corrected chi connectivity index (χ2v) is 11.9. The number of aromatic carboxylic acids is 3.